The zero-order chi connectivity index (χ0) is 20.7. The van der Waals surface area contributed by atoms with E-state index in [0.29, 0.717) is 18.9 Å². The summed E-state index contributed by atoms with van der Waals surface area (Å²) < 4.78 is 5.93. The minimum Gasteiger partial charge on any atom is -0.493 e. The number of hydrogen-bond acceptors (Lipinski definition) is 3. The first-order valence-electron chi connectivity index (χ1n) is 11.7. The summed E-state index contributed by atoms with van der Waals surface area (Å²) in [6.07, 6.45) is 12.5. The molecule has 1 aliphatic carbocycles. The Balaban J connectivity index is 1.44. The summed E-state index contributed by atoms with van der Waals surface area (Å²) in [7, 11) is 0. The van der Waals surface area contributed by atoms with Gasteiger partial charge in [-0.2, -0.15) is 0 Å². The van der Waals surface area contributed by atoms with E-state index in [0.717, 1.165) is 31.3 Å². The molecule has 3 atom stereocenters. The second-order valence-corrected chi connectivity index (χ2v) is 9.86. The van der Waals surface area contributed by atoms with E-state index in [9.17, 15) is 5.11 Å². The molecule has 3 unspecified atom stereocenters. The van der Waals surface area contributed by atoms with E-state index in [1.165, 1.54) is 44.1 Å². The molecule has 0 bridgehead atoms. The van der Waals surface area contributed by atoms with Gasteiger partial charge in [-0.15, -0.1) is 0 Å². The Kier molecular flexibility index (Phi) is 8.20. The highest BCUT2D eigenvalue weighted by molar-refractivity contribution is 5.32. The normalized spacial score (nSPS) is 29.0. The Labute approximate surface area is 178 Å². The van der Waals surface area contributed by atoms with Crippen LogP contribution in [-0.2, 0) is 5.41 Å². The number of β-amino-alcohol motifs (C(OH)–C–C–N with tert-alkyl or cyclic N) is 1. The molecule has 0 spiro atoms. The second kappa shape index (κ2) is 10.6. The van der Waals surface area contributed by atoms with Crippen LogP contribution in [0.1, 0.15) is 71.3 Å². The van der Waals surface area contributed by atoms with Crippen LogP contribution in [0.25, 0.3) is 0 Å². The minimum absolute atomic E-state index is 0.241. The highest BCUT2D eigenvalue weighted by Crippen LogP contribution is 2.38. The summed E-state index contributed by atoms with van der Waals surface area (Å²) in [6, 6.07) is 8.72. The number of aliphatic hydroxyl groups excluding tert-OH is 1. The highest BCUT2D eigenvalue weighted by atomic mass is 16.5. The van der Waals surface area contributed by atoms with Crippen LogP contribution in [-0.4, -0.2) is 42.4 Å². The van der Waals surface area contributed by atoms with Crippen molar-refractivity contribution < 1.29 is 9.84 Å². The summed E-state index contributed by atoms with van der Waals surface area (Å²) in [6.45, 7) is 10.6. The first-order chi connectivity index (χ1) is 13.9. The van der Waals surface area contributed by atoms with Crippen LogP contribution in [0.5, 0.6) is 5.75 Å². The number of aliphatic hydroxyl groups is 1. The topological polar surface area (TPSA) is 32.7 Å². The van der Waals surface area contributed by atoms with Gasteiger partial charge in [0, 0.05) is 13.0 Å². The number of likely N-dealkylation sites (tertiary alicyclic amines) is 1. The fraction of sp³-hybridized carbons (Fsp3) is 0.692. The molecule has 3 nitrogen and oxygen atoms in total. The van der Waals surface area contributed by atoms with Gasteiger partial charge in [-0.25, -0.2) is 0 Å². The van der Waals surface area contributed by atoms with Crippen LogP contribution in [0.15, 0.2) is 36.4 Å². The molecular weight excluding hydrogens is 358 g/mol. The predicted molar refractivity (Wildman–Crippen MR) is 122 cm³/mol. The fourth-order valence-corrected chi connectivity index (χ4v) is 4.98. The minimum atomic E-state index is -0.300. The molecule has 2 aliphatic rings. The average Bonchev–Trinajstić information content (AvgIpc) is 2.68. The Morgan fingerprint density at radius 2 is 1.90 bits per heavy atom. The van der Waals surface area contributed by atoms with Crippen molar-refractivity contribution in [3.8, 4) is 5.75 Å². The second-order valence-electron chi connectivity index (χ2n) is 9.86. The maximum Gasteiger partial charge on any atom is 0.119 e. The zero-order valence-electron chi connectivity index (χ0n) is 18.8. The van der Waals surface area contributed by atoms with E-state index >= 15 is 0 Å². The fourth-order valence-electron chi connectivity index (χ4n) is 4.98. The number of hydrogen-bond donors (Lipinski definition) is 1. The van der Waals surface area contributed by atoms with Gasteiger partial charge in [0.25, 0.3) is 0 Å². The number of piperidine rings is 1. The van der Waals surface area contributed by atoms with E-state index in [1.54, 1.807) is 0 Å². The molecule has 1 aromatic rings. The van der Waals surface area contributed by atoms with Crippen molar-refractivity contribution in [2.75, 3.05) is 26.2 Å². The molecule has 162 valence electrons. The summed E-state index contributed by atoms with van der Waals surface area (Å²) in [5, 5.41) is 10.3. The third kappa shape index (κ3) is 6.86. The Morgan fingerprint density at radius 3 is 2.62 bits per heavy atom. The van der Waals surface area contributed by atoms with Gasteiger partial charge in [-0.1, -0.05) is 45.1 Å². The van der Waals surface area contributed by atoms with Crippen molar-refractivity contribution >= 4 is 0 Å². The maximum atomic E-state index is 10.3. The van der Waals surface area contributed by atoms with Crippen LogP contribution < -0.4 is 4.74 Å². The molecule has 1 aromatic carbocycles. The molecule has 0 amide bonds. The summed E-state index contributed by atoms with van der Waals surface area (Å²) in [5.74, 6) is 2.37. The lowest BCUT2D eigenvalue weighted by molar-refractivity contribution is 0.0754. The smallest absolute Gasteiger partial charge is 0.119 e. The third-order valence-electron chi connectivity index (χ3n) is 6.95. The van der Waals surface area contributed by atoms with Crippen molar-refractivity contribution in [1.82, 2.24) is 4.90 Å². The number of ether oxygens (including phenoxy) is 1. The first-order valence-corrected chi connectivity index (χ1v) is 11.7. The molecule has 29 heavy (non-hydrogen) atoms. The molecule has 0 aromatic heterocycles. The van der Waals surface area contributed by atoms with E-state index in [2.05, 4.69) is 62.1 Å². The first kappa shape index (κ1) is 22.4. The number of nitrogens with zero attached hydrogens (tertiary/aromatic N) is 1. The molecule has 3 heteroatoms. The van der Waals surface area contributed by atoms with Crippen molar-refractivity contribution in [1.29, 1.82) is 0 Å². The standard InChI is InChI=1S/C26H41NO2/c1-21-12-16-27(17-13-21)20-24(28)14-18-29-25-10-8-23(9-11-25)26(3)15-6-4-5-7-22(2)19-26/h5,7-11,21-22,24,28H,4,6,12-20H2,1-3H3/b7-5+. The molecule has 1 aliphatic heterocycles. The molecule has 1 heterocycles. The van der Waals surface area contributed by atoms with Gasteiger partial charge < -0.3 is 14.7 Å². The number of rotatable bonds is 7. The van der Waals surface area contributed by atoms with Crippen molar-refractivity contribution in [2.45, 2.75) is 77.2 Å². The molecule has 0 radical (unpaired) electrons. The average molecular weight is 400 g/mol. The number of benzene rings is 1. The molecular formula is C26H41NO2. The Bertz CT molecular complexity index is 633. The van der Waals surface area contributed by atoms with Crippen LogP contribution in [0.4, 0.5) is 0 Å². The lowest BCUT2D eigenvalue weighted by Gasteiger charge is -2.33. The molecule has 1 saturated heterocycles. The van der Waals surface area contributed by atoms with Crippen LogP contribution in [0.3, 0.4) is 0 Å². The third-order valence-corrected chi connectivity index (χ3v) is 6.95. The SMILES string of the molecule is CC1/C=C/CCCC(C)(c2ccc(OCCC(O)CN3CCC(C)CC3)cc2)C1. The lowest BCUT2D eigenvalue weighted by Crippen LogP contribution is -2.38. The van der Waals surface area contributed by atoms with Gasteiger partial charge in [0.15, 0.2) is 0 Å². The van der Waals surface area contributed by atoms with E-state index < -0.39 is 0 Å². The van der Waals surface area contributed by atoms with Gasteiger partial charge in [0.1, 0.15) is 5.75 Å². The molecule has 0 saturated carbocycles. The summed E-state index contributed by atoms with van der Waals surface area (Å²) >= 11 is 0. The van der Waals surface area contributed by atoms with Crippen molar-refractivity contribution in [3.63, 3.8) is 0 Å². The zero-order valence-corrected chi connectivity index (χ0v) is 18.8. The van der Waals surface area contributed by atoms with E-state index in [-0.39, 0.29) is 11.5 Å². The van der Waals surface area contributed by atoms with Crippen molar-refractivity contribution in [3.05, 3.63) is 42.0 Å². The maximum absolute atomic E-state index is 10.3. The monoisotopic (exact) mass is 399 g/mol. The quantitative estimate of drug-likeness (QED) is 0.608. The van der Waals surface area contributed by atoms with Gasteiger partial charge in [-0.3, -0.25) is 0 Å². The molecule has 3 rings (SSSR count). The van der Waals surface area contributed by atoms with Gasteiger partial charge in [-0.05, 0) is 86.6 Å². The van der Waals surface area contributed by atoms with E-state index in [1.807, 2.05) is 0 Å². The van der Waals surface area contributed by atoms with Crippen LogP contribution >= 0.6 is 0 Å². The summed E-state index contributed by atoms with van der Waals surface area (Å²) in [4.78, 5) is 2.39. The van der Waals surface area contributed by atoms with Crippen molar-refractivity contribution in [2.24, 2.45) is 11.8 Å². The van der Waals surface area contributed by atoms with E-state index in [4.69, 9.17) is 4.74 Å². The summed E-state index contributed by atoms with van der Waals surface area (Å²) in [5.41, 5.74) is 1.66. The van der Waals surface area contributed by atoms with Crippen LogP contribution in [0, 0.1) is 11.8 Å². The Hall–Kier alpha value is -1.32. The Morgan fingerprint density at radius 1 is 1.17 bits per heavy atom. The van der Waals surface area contributed by atoms with Gasteiger partial charge in [0.05, 0.1) is 12.7 Å². The predicted octanol–water partition coefficient (Wildman–Crippen LogP) is 5.57. The highest BCUT2D eigenvalue weighted by Gasteiger charge is 2.28. The largest absolute Gasteiger partial charge is 0.493 e. The van der Waals surface area contributed by atoms with Gasteiger partial charge >= 0.3 is 0 Å². The molecule has 1 fully saturated rings. The lowest BCUT2D eigenvalue weighted by atomic mass is 9.71. The molecule has 1 N–H and O–H groups in total. The van der Waals surface area contributed by atoms with Gasteiger partial charge in [0.2, 0.25) is 0 Å². The van der Waals surface area contributed by atoms with Crippen LogP contribution in [0.2, 0.25) is 0 Å². The number of allylic oxidation sites excluding steroid dienone is 2.